The molecule has 3 aromatic rings. The molecule has 0 aliphatic carbocycles. The zero-order chi connectivity index (χ0) is 24.4. The van der Waals surface area contributed by atoms with E-state index in [0.29, 0.717) is 45.0 Å². The molecule has 4 heterocycles. The van der Waals surface area contributed by atoms with Gasteiger partial charge in [-0.05, 0) is 24.3 Å². The van der Waals surface area contributed by atoms with Crippen molar-refractivity contribution in [2.45, 2.75) is 18.4 Å². The molecule has 35 heavy (non-hydrogen) atoms. The highest BCUT2D eigenvalue weighted by atomic mass is 32.1. The third-order valence-electron chi connectivity index (χ3n) is 6.26. The van der Waals surface area contributed by atoms with Gasteiger partial charge in [0.25, 0.3) is 0 Å². The first kappa shape index (κ1) is 23.3. The van der Waals surface area contributed by atoms with E-state index in [9.17, 15) is 15.0 Å². The van der Waals surface area contributed by atoms with Crippen LogP contribution in [0.15, 0.2) is 43.0 Å². The van der Waals surface area contributed by atoms with Crippen LogP contribution >= 0.6 is 11.3 Å². The van der Waals surface area contributed by atoms with E-state index < -0.39 is 5.60 Å². The van der Waals surface area contributed by atoms with Crippen LogP contribution in [-0.2, 0) is 9.53 Å². The molecular weight excluding hydrogens is 464 g/mol. The van der Waals surface area contributed by atoms with Crippen LogP contribution < -0.4 is 4.90 Å². The third kappa shape index (κ3) is 5.00. The van der Waals surface area contributed by atoms with Gasteiger partial charge in [0.15, 0.2) is 11.6 Å². The maximum Gasteiger partial charge on any atom is 0.245 e. The number of aromatic hydroxyl groups is 1. The van der Waals surface area contributed by atoms with Gasteiger partial charge < -0.3 is 24.7 Å². The summed E-state index contributed by atoms with van der Waals surface area (Å²) in [6.07, 6.45) is 2.08. The summed E-state index contributed by atoms with van der Waals surface area (Å²) in [6.45, 7) is 7.13. The maximum atomic E-state index is 11.8. The number of amides is 1. The lowest BCUT2D eigenvalue weighted by molar-refractivity contribution is -0.128. The number of phenols is 1. The molecule has 0 saturated carbocycles. The van der Waals surface area contributed by atoms with Crippen LogP contribution in [0.4, 0.5) is 5.82 Å². The van der Waals surface area contributed by atoms with Gasteiger partial charge in [0.05, 0.1) is 28.3 Å². The van der Waals surface area contributed by atoms with Crippen LogP contribution in [0.3, 0.4) is 0 Å². The number of likely N-dealkylation sites (tertiary alicyclic amines) is 1. The van der Waals surface area contributed by atoms with Gasteiger partial charge in [-0.25, -0.2) is 9.97 Å². The number of nitrogens with zero attached hydrogens (tertiary/aromatic N) is 4. The Labute approximate surface area is 207 Å². The van der Waals surface area contributed by atoms with Crippen molar-refractivity contribution in [1.29, 1.82) is 0 Å². The van der Waals surface area contributed by atoms with Gasteiger partial charge in [0.1, 0.15) is 11.4 Å². The van der Waals surface area contributed by atoms with Crippen molar-refractivity contribution >= 4 is 33.3 Å². The Bertz CT molecular complexity index is 1330. The van der Waals surface area contributed by atoms with Gasteiger partial charge in [0.2, 0.25) is 5.91 Å². The first-order chi connectivity index (χ1) is 16.9. The van der Waals surface area contributed by atoms with Crippen LogP contribution in [0, 0.1) is 11.8 Å². The van der Waals surface area contributed by atoms with Crippen LogP contribution in [0.5, 0.6) is 5.75 Å². The highest BCUT2D eigenvalue weighted by Crippen LogP contribution is 2.35. The minimum atomic E-state index is -1.14. The van der Waals surface area contributed by atoms with E-state index in [0.717, 1.165) is 39.6 Å². The van der Waals surface area contributed by atoms with Crippen LogP contribution in [0.2, 0.25) is 0 Å². The number of carbonyl (C=O) groups is 1. The SMILES string of the molecule is C=CC(=O)N1CCC(O)(C#Cc2cc3nc(-c4cccc(O)c4)nc(N4CCOCC4)c3s2)CC1. The number of aliphatic hydroxyl groups is 1. The van der Waals surface area contributed by atoms with Crippen molar-refractivity contribution in [1.82, 2.24) is 14.9 Å². The molecule has 2 aliphatic heterocycles. The number of rotatable bonds is 3. The predicted octanol–water partition coefficient (Wildman–Crippen LogP) is 2.79. The van der Waals surface area contributed by atoms with Crippen molar-refractivity contribution in [2.24, 2.45) is 0 Å². The van der Waals surface area contributed by atoms with Gasteiger partial charge in [-0.2, -0.15) is 0 Å². The van der Waals surface area contributed by atoms with E-state index >= 15 is 0 Å². The number of piperidine rings is 1. The fourth-order valence-electron chi connectivity index (χ4n) is 4.27. The molecule has 8 nitrogen and oxygen atoms in total. The minimum Gasteiger partial charge on any atom is -0.508 e. The Hall–Kier alpha value is -3.45. The molecule has 1 amide bonds. The highest BCUT2D eigenvalue weighted by molar-refractivity contribution is 7.20. The van der Waals surface area contributed by atoms with Crippen molar-refractivity contribution in [3.05, 3.63) is 47.9 Å². The van der Waals surface area contributed by atoms with E-state index in [4.69, 9.17) is 14.7 Å². The van der Waals surface area contributed by atoms with Crippen molar-refractivity contribution in [3.8, 4) is 29.0 Å². The highest BCUT2D eigenvalue weighted by Gasteiger charge is 2.31. The number of anilines is 1. The summed E-state index contributed by atoms with van der Waals surface area (Å²) in [4.78, 5) is 26.1. The normalized spacial score (nSPS) is 17.6. The predicted molar refractivity (Wildman–Crippen MR) is 135 cm³/mol. The van der Waals surface area contributed by atoms with Gasteiger partial charge >= 0.3 is 0 Å². The second-order valence-corrected chi connectivity index (χ2v) is 9.71. The molecule has 0 radical (unpaired) electrons. The number of carbonyl (C=O) groups excluding carboxylic acids is 1. The maximum absolute atomic E-state index is 11.8. The van der Waals surface area contributed by atoms with E-state index in [1.54, 1.807) is 23.1 Å². The number of benzene rings is 1. The van der Waals surface area contributed by atoms with Crippen molar-refractivity contribution < 1.29 is 19.7 Å². The largest absolute Gasteiger partial charge is 0.508 e. The number of phenolic OH excluding ortho intramolecular Hbond substituents is 1. The van der Waals surface area contributed by atoms with Crippen LogP contribution in [0.1, 0.15) is 17.7 Å². The molecule has 0 spiro atoms. The minimum absolute atomic E-state index is 0.124. The lowest BCUT2D eigenvalue weighted by Crippen LogP contribution is -2.45. The molecule has 9 heteroatoms. The summed E-state index contributed by atoms with van der Waals surface area (Å²) in [5.41, 5.74) is 0.363. The third-order valence-corrected chi connectivity index (χ3v) is 7.30. The lowest BCUT2D eigenvalue weighted by Gasteiger charge is -2.34. The number of fused-ring (bicyclic) bond motifs is 1. The quantitative estimate of drug-likeness (QED) is 0.430. The smallest absolute Gasteiger partial charge is 0.245 e. The summed E-state index contributed by atoms with van der Waals surface area (Å²) in [5, 5.41) is 20.9. The first-order valence-corrected chi connectivity index (χ1v) is 12.4. The van der Waals surface area contributed by atoms with E-state index in [2.05, 4.69) is 23.3 Å². The first-order valence-electron chi connectivity index (χ1n) is 11.5. The van der Waals surface area contributed by atoms with Gasteiger partial charge in [-0.1, -0.05) is 30.6 Å². The average molecular weight is 491 g/mol. The summed E-state index contributed by atoms with van der Waals surface area (Å²) in [6, 6.07) is 8.83. The molecular formula is C26H26N4O4S. The van der Waals surface area contributed by atoms with Gasteiger partial charge in [-0.3, -0.25) is 4.79 Å². The molecule has 2 fully saturated rings. The molecule has 5 rings (SSSR count). The van der Waals surface area contributed by atoms with E-state index in [1.165, 1.54) is 17.4 Å². The zero-order valence-electron chi connectivity index (χ0n) is 19.2. The molecule has 0 atom stereocenters. The summed E-state index contributed by atoms with van der Waals surface area (Å²) < 4.78 is 6.45. The molecule has 0 bridgehead atoms. The fraction of sp³-hybridized carbons (Fsp3) is 0.346. The Balaban J connectivity index is 1.48. The standard InChI is InChI=1S/C26H26N4O4S/c1-2-22(32)29-10-8-26(33,9-11-29)7-6-20-17-21-23(35-20)25(30-12-14-34-15-13-30)28-24(27-21)18-4-3-5-19(31)16-18/h2-5,16-17,31,33H,1,8-15H2. The molecule has 2 saturated heterocycles. The van der Waals surface area contributed by atoms with Crippen molar-refractivity contribution in [2.75, 3.05) is 44.3 Å². The number of thiophene rings is 1. The van der Waals surface area contributed by atoms with Gasteiger partial charge in [-0.15, -0.1) is 11.3 Å². The zero-order valence-corrected chi connectivity index (χ0v) is 20.1. The number of hydrogen-bond donors (Lipinski definition) is 2. The monoisotopic (exact) mass is 490 g/mol. The molecule has 0 unspecified atom stereocenters. The number of hydrogen-bond acceptors (Lipinski definition) is 8. The second kappa shape index (κ2) is 9.66. The van der Waals surface area contributed by atoms with Gasteiger partial charge in [0, 0.05) is 44.6 Å². The number of morpholine rings is 1. The molecule has 2 N–H and O–H groups in total. The van der Waals surface area contributed by atoms with Crippen LogP contribution in [-0.4, -0.2) is 76.0 Å². The number of ether oxygens (including phenoxy) is 1. The average Bonchev–Trinajstić information content (AvgIpc) is 3.31. The summed E-state index contributed by atoms with van der Waals surface area (Å²) in [7, 11) is 0. The lowest BCUT2D eigenvalue weighted by atomic mass is 9.92. The second-order valence-electron chi connectivity index (χ2n) is 8.66. The molecule has 2 aromatic heterocycles. The molecule has 2 aliphatic rings. The van der Waals surface area contributed by atoms with E-state index in [-0.39, 0.29) is 11.7 Å². The summed E-state index contributed by atoms with van der Waals surface area (Å²) in [5.74, 6) is 7.58. The fourth-order valence-corrected chi connectivity index (χ4v) is 5.24. The van der Waals surface area contributed by atoms with Crippen LogP contribution in [0.25, 0.3) is 21.6 Å². The Morgan fingerprint density at radius 2 is 1.94 bits per heavy atom. The topological polar surface area (TPSA) is 99.0 Å². The Morgan fingerprint density at radius 3 is 2.66 bits per heavy atom. The Morgan fingerprint density at radius 1 is 1.17 bits per heavy atom. The van der Waals surface area contributed by atoms with Crippen molar-refractivity contribution in [3.63, 3.8) is 0 Å². The van der Waals surface area contributed by atoms with E-state index in [1.807, 2.05) is 12.1 Å². The Kier molecular flexibility index (Phi) is 6.43. The summed E-state index contributed by atoms with van der Waals surface area (Å²) >= 11 is 1.50. The number of aromatic nitrogens is 2. The molecule has 1 aromatic carbocycles. The molecule has 180 valence electrons.